The first kappa shape index (κ1) is 13.3. The van der Waals surface area contributed by atoms with E-state index >= 15 is 0 Å². The molecule has 0 aromatic heterocycles. The fourth-order valence-electron chi connectivity index (χ4n) is 2.52. The van der Waals surface area contributed by atoms with Crippen LogP contribution in [0.5, 0.6) is 11.5 Å². The SMILES string of the molecule is COc1cccc(N2C(N)=NCC2c2ccc(O)cc2)c1. The summed E-state index contributed by atoms with van der Waals surface area (Å²) in [5, 5.41) is 9.42. The fraction of sp³-hybridized carbons (Fsp3) is 0.188. The Hall–Kier alpha value is -2.69. The van der Waals surface area contributed by atoms with Crippen molar-refractivity contribution in [1.82, 2.24) is 0 Å². The molecule has 0 bridgehead atoms. The second-order valence-corrected chi connectivity index (χ2v) is 4.88. The Labute approximate surface area is 123 Å². The largest absolute Gasteiger partial charge is 0.508 e. The molecule has 3 N–H and O–H groups in total. The van der Waals surface area contributed by atoms with Crippen molar-refractivity contribution in [3.63, 3.8) is 0 Å². The maximum atomic E-state index is 9.42. The number of aliphatic imine (C=N–C) groups is 1. The maximum absolute atomic E-state index is 9.42. The van der Waals surface area contributed by atoms with Crippen LogP contribution in [-0.2, 0) is 0 Å². The molecule has 5 nitrogen and oxygen atoms in total. The molecule has 1 unspecified atom stereocenters. The van der Waals surface area contributed by atoms with Crippen molar-refractivity contribution >= 4 is 11.6 Å². The number of nitrogens with zero attached hydrogens (tertiary/aromatic N) is 2. The van der Waals surface area contributed by atoms with Crippen LogP contribution in [0, 0.1) is 0 Å². The number of guanidine groups is 1. The highest BCUT2D eigenvalue weighted by molar-refractivity contribution is 5.97. The Balaban J connectivity index is 1.97. The van der Waals surface area contributed by atoms with Crippen LogP contribution in [0.25, 0.3) is 0 Å². The van der Waals surface area contributed by atoms with Crippen LogP contribution >= 0.6 is 0 Å². The van der Waals surface area contributed by atoms with E-state index in [1.165, 1.54) is 0 Å². The summed E-state index contributed by atoms with van der Waals surface area (Å²) in [4.78, 5) is 6.33. The van der Waals surface area contributed by atoms with Gasteiger partial charge >= 0.3 is 0 Å². The highest BCUT2D eigenvalue weighted by Gasteiger charge is 2.28. The van der Waals surface area contributed by atoms with Crippen molar-refractivity contribution < 1.29 is 9.84 Å². The highest BCUT2D eigenvalue weighted by Crippen LogP contribution is 2.33. The molecule has 0 fully saturated rings. The molecule has 0 saturated heterocycles. The summed E-state index contributed by atoms with van der Waals surface area (Å²) in [7, 11) is 1.64. The van der Waals surface area contributed by atoms with Crippen LogP contribution in [0.2, 0.25) is 0 Å². The minimum atomic E-state index is 0.0257. The van der Waals surface area contributed by atoms with E-state index in [2.05, 4.69) is 4.99 Å². The van der Waals surface area contributed by atoms with Gasteiger partial charge < -0.3 is 20.5 Å². The number of methoxy groups -OCH3 is 1. The molecule has 0 saturated carbocycles. The lowest BCUT2D eigenvalue weighted by Crippen LogP contribution is -2.36. The summed E-state index contributed by atoms with van der Waals surface area (Å²) < 4.78 is 5.27. The predicted octanol–water partition coefficient (Wildman–Crippen LogP) is 2.28. The second-order valence-electron chi connectivity index (χ2n) is 4.88. The first-order valence-electron chi connectivity index (χ1n) is 6.71. The van der Waals surface area contributed by atoms with Gasteiger partial charge in [-0.25, -0.2) is 0 Å². The number of phenols is 1. The quantitative estimate of drug-likeness (QED) is 0.906. The van der Waals surface area contributed by atoms with Gasteiger partial charge in [0.15, 0.2) is 5.96 Å². The molecule has 2 aromatic carbocycles. The molecule has 1 atom stereocenters. The zero-order valence-electron chi connectivity index (χ0n) is 11.7. The van der Waals surface area contributed by atoms with Gasteiger partial charge in [-0.05, 0) is 29.8 Å². The Kier molecular flexibility index (Phi) is 3.39. The van der Waals surface area contributed by atoms with Crippen LogP contribution in [0.1, 0.15) is 11.6 Å². The van der Waals surface area contributed by atoms with Gasteiger partial charge in [0.2, 0.25) is 0 Å². The zero-order valence-corrected chi connectivity index (χ0v) is 11.7. The van der Waals surface area contributed by atoms with Gasteiger partial charge in [-0.2, -0.15) is 0 Å². The first-order chi connectivity index (χ1) is 10.2. The molecule has 0 amide bonds. The van der Waals surface area contributed by atoms with Crippen molar-refractivity contribution in [1.29, 1.82) is 0 Å². The molecule has 1 heterocycles. The molecule has 1 aliphatic rings. The molecular formula is C16H17N3O2. The van der Waals surface area contributed by atoms with Gasteiger partial charge in [-0.1, -0.05) is 18.2 Å². The predicted molar refractivity (Wildman–Crippen MR) is 82.8 cm³/mol. The van der Waals surface area contributed by atoms with E-state index in [9.17, 15) is 5.11 Å². The number of anilines is 1. The van der Waals surface area contributed by atoms with Gasteiger partial charge in [0.25, 0.3) is 0 Å². The van der Waals surface area contributed by atoms with Crippen LogP contribution in [0.3, 0.4) is 0 Å². The van der Waals surface area contributed by atoms with E-state index in [0.717, 1.165) is 17.0 Å². The highest BCUT2D eigenvalue weighted by atomic mass is 16.5. The van der Waals surface area contributed by atoms with Gasteiger partial charge in [0.05, 0.1) is 19.7 Å². The van der Waals surface area contributed by atoms with E-state index < -0.39 is 0 Å². The number of benzene rings is 2. The second kappa shape index (κ2) is 5.36. The molecule has 0 aliphatic carbocycles. The molecule has 0 radical (unpaired) electrons. The summed E-state index contributed by atoms with van der Waals surface area (Å²) in [5.74, 6) is 1.51. The number of phenolic OH excluding ortho intramolecular Hbond substituents is 1. The van der Waals surface area contributed by atoms with E-state index in [0.29, 0.717) is 12.5 Å². The Morgan fingerprint density at radius 2 is 2.00 bits per heavy atom. The number of ether oxygens (including phenoxy) is 1. The fourth-order valence-corrected chi connectivity index (χ4v) is 2.52. The number of hydrogen-bond acceptors (Lipinski definition) is 5. The minimum absolute atomic E-state index is 0.0257. The van der Waals surface area contributed by atoms with E-state index in [4.69, 9.17) is 10.5 Å². The van der Waals surface area contributed by atoms with E-state index in [1.54, 1.807) is 19.2 Å². The Bertz CT molecular complexity index is 667. The summed E-state index contributed by atoms with van der Waals surface area (Å²) in [5.41, 5.74) is 8.04. The van der Waals surface area contributed by atoms with Gasteiger partial charge in [0.1, 0.15) is 11.5 Å². The minimum Gasteiger partial charge on any atom is -0.508 e. The normalized spacial score (nSPS) is 17.7. The number of aromatic hydroxyl groups is 1. The summed E-state index contributed by atoms with van der Waals surface area (Å²) in [6, 6.07) is 14.9. The molecule has 1 aliphatic heterocycles. The van der Waals surface area contributed by atoms with Crippen molar-refractivity contribution in [2.45, 2.75) is 6.04 Å². The molecular weight excluding hydrogens is 266 g/mol. The smallest absolute Gasteiger partial charge is 0.196 e. The van der Waals surface area contributed by atoms with Crippen LogP contribution in [0.4, 0.5) is 5.69 Å². The Morgan fingerprint density at radius 3 is 2.71 bits per heavy atom. The molecule has 3 rings (SSSR count). The van der Waals surface area contributed by atoms with Crippen LogP contribution < -0.4 is 15.4 Å². The van der Waals surface area contributed by atoms with Crippen molar-refractivity contribution in [3.8, 4) is 11.5 Å². The third-order valence-electron chi connectivity index (χ3n) is 3.59. The van der Waals surface area contributed by atoms with Crippen molar-refractivity contribution in [2.24, 2.45) is 10.7 Å². The molecule has 0 spiro atoms. The maximum Gasteiger partial charge on any atom is 0.196 e. The number of rotatable bonds is 3. The zero-order chi connectivity index (χ0) is 14.8. The average Bonchev–Trinajstić information content (AvgIpc) is 2.90. The van der Waals surface area contributed by atoms with E-state index in [1.807, 2.05) is 41.3 Å². The van der Waals surface area contributed by atoms with Crippen LogP contribution in [-0.4, -0.2) is 24.7 Å². The third kappa shape index (κ3) is 2.50. The van der Waals surface area contributed by atoms with Crippen LogP contribution in [0.15, 0.2) is 53.5 Å². The average molecular weight is 283 g/mol. The molecule has 2 aromatic rings. The van der Waals surface area contributed by atoms with E-state index in [-0.39, 0.29) is 11.8 Å². The van der Waals surface area contributed by atoms with Gasteiger partial charge in [-0.15, -0.1) is 0 Å². The molecule has 108 valence electrons. The van der Waals surface area contributed by atoms with Gasteiger partial charge in [0, 0.05) is 11.8 Å². The molecule has 21 heavy (non-hydrogen) atoms. The topological polar surface area (TPSA) is 71.1 Å². The monoisotopic (exact) mass is 283 g/mol. The standard InChI is InChI=1S/C16H17N3O2/c1-21-14-4-2-3-12(9-14)19-15(10-18-16(19)17)11-5-7-13(20)8-6-11/h2-9,15,20H,10H2,1H3,(H2,17,18). The lowest BCUT2D eigenvalue weighted by Gasteiger charge is -2.27. The van der Waals surface area contributed by atoms with Gasteiger partial charge in [-0.3, -0.25) is 4.99 Å². The summed E-state index contributed by atoms with van der Waals surface area (Å²) >= 11 is 0. The van der Waals surface area contributed by atoms with Crippen molar-refractivity contribution in [2.75, 3.05) is 18.6 Å². The number of hydrogen-bond donors (Lipinski definition) is 2. The summed E-state index contributed by atoms with van der Waals surface area (Å²) in [6.07, 6.45) is 0. The summed E-state index contributed by atoms with van der Waals surface area (Å²) in [6.45, 7) is 0.591. The lowest BCUT2D eigenvalue weighted by atomic mass is 10.1. The third-order valence-corrected chi connectivity index (χ3v) is 3.59. The first-order valence-corrected chi connectivity index (χ1v) is 6.71. The number of nitrogens with two attached hydrogens (primary N) is 1. The molecule has 5 heteroatoms. The van der Waals surface area contributed by atoms with Crippen molar-refractivity contribution in [3.05, 3.63) is 54.1 Å². The lowest BCUT2D eigenvalue weighted by molar-refractivity contribution is 0.415. The Morgan fingerprint density at radius 1 is 1.24 bits per heavy atom.